The smallest absolute Gasteiger partial charge is 0.0273 e. The summed E-state index contributed by atoms with van der Waals surface area (Å²) in [6.07, 6.45) is 11.4. The van der Waals surface area contributed by atoms with Crippen LogP contribution in [0.1, 0.15) is 32.6 Å². The molecule has 0 aliphatic heterocycles. The van der Waals surface area contributed by atoms with Gasteiger partial charge in [0.2, 0.25) is 0 Å². The minimum Gasteiger partial charge on any atom is -0.0991 e. The molecule has 1 aliphatic rings. The lowest BCUT2D eigenvalue weighted by atomic mass is 10.1. The van der Waals surface area contributed by atoms with Gasteiger partial charge in [0.25, 0.3) is 0 Å². The first-order chi connectivity index (χ1) is 5.38. The molecule has 1 aliphatic carbocycles. The minimum absolute atomic E-state index is 1.16. The Hall–Kier alpha value is -0.780. The van der Waals surface area contributed by atoms with Crippen LogP contribution in [0.25, 0.3) is 0 Å². The molecule has 0 heteroatoms. The van der Waals surface area contributed by atoms with Gasteiger partial charge in [0.05, 0.1) is 0 Å². The fourth-order valence-electron chi connectivity index (χ4n) is 1.60. The van der Waals surface area contributed by atoms with E-state index in [4.69, 9.17) is 0 Å². The lowest BCUT2D eigenvalue weighted by molar-refractivity contribution is 0.930. The van der Waals surface area contributed by atoms with Gasteiger partial charge < -0.3 is 0 Å². The zero-order valence-electron chi connectivity index (χ0n) is 7.27. The van der Waals surface area contributed by atoms with E-state index < -0.39 is 0 Å². The maximum atomic E-state index is 3.72. The average Bonchev–Trinajstić information content (AvgIpc) is 2.39. The van der Waals surface area contributed by atoms with Crippen LogP contribution in [0.3, 0.4) is 0 Å². The summed E-state index contributed by atoms with van der Waals surface area (Å²) in [6.45, 7) is 5.91. The van der Waals surface area contributed by atoms with Crippen LogP contribution in [-0.4, -0.2) is 0 Å². The second kappa shape index (κ2) is 4.17. The molecule has 1 rings (SSSR count). The van der Waals surface area contributed by atoms with Crippen LogP contribution in [0.15, 0.2) is 36.0 Å². The Kier molecular flexibility index (Phi) is 3.15. The van der Waals surface area contributed by atoms with Crippen LogP contribution in [0.4, 0.5) is 0 Å². The van der Waals surface area contributed by atoms with E-state index in [-0.39, 0.29) is 0 Å². The highest BCUT2D eigenvalue weighted by molar-refractivity contribution is 5.36. The maximum Gasteiger partial charge on any atom is -0.0273 e. The van der Waals surface area contributed by atoms with Crippen molar-refractivity contribution in [2.24, 2.45) is 0 Å². The summed E-state index contributed by atoms with van der Waals surface area (Å²) >= 11 is 0. The van der Waals surface area contributed by atoms with E-state index in [1.807, 2.05) is 6.08 Å². The second-order valence-corrected chi connectivity index (χ2v) is 2.92. The van der Waals surface area contributed by atoms with Gasteiger partial charge in [0.15, 0.2) is 0 Å². The Bertz CT molecular complexity index is 194. The van der Waals surface area contributed by atoms with Gasteiger partial charge in [-0.2, -0.15) is 0 Å². The SMILES string of the molecule is C=C/C=C1/CCC/C1=C/CC. The Morgan fingerprint density at radius 3 is 2.73 bits per heavy atom. The van der Waals surface area contributed by atoms with Gasteiger partial charge in [-0.05, 0) is 36.8 Å². The van der Waals surface area contributed by atoms with Gasteiger partial charge in [-0.15, -0.1) is 0 Å². The molecule has 1 fully saturated rings. The van der Waals surface area contributed by atoms with Crippen molar-refractivity contribution in [2.45, 2.75) is 32.6 Å². The van der Waals surface area contributed by atoms with Crippen LogP contribution in [-0.2, 0) is 0 Å². The summed E-state index contributed by atoms with van der Waals surface area (Å²) in [7, 11) is 0. The van der Waals surface area contributed by atoms with Crippen LogP contribution in [0, 0.1) is 0 Å². The minimum atomic E-state index is 1.16. The number of hydrogen-bond donors (Lipinski definition) is 0. The summed E-state index contributed by atoms with van der Waals surface area (Å²) in [5.74, 6) is 0. The molecule has 0 aromatic carbocycles. The lowest BCUT2D eigenvalue weighted by Gasteiger charge is -1.97. The zero-order chi connectivity index (χ0) is 8.10. The van der Waals surface area contributed by atoms with Crippen molar-refractivity contribution in [3.8, 4) is 0 Å². The molecule has 60 valence electrons. The molecule has 0 spiro atoms. The first-order valence-corrected chi connectivity index (χ1v) is 4.39. The molecule has 0 unspecified atom stereocenters. The van der Waals surface area contributed by atoms with E-state index in [0.29, 0.717) is 0 Å². The fraction of sp³-hybridized carbons (Fsp3) is 0.455. The molecular weight excluding hydrogens is 132 g/mol. The van der Waals surface area contributed by atoms with Crippen LogP contribution in [0.2, 0.25) is 0 Å². The first kappa shape index (κ1) is 8.32. The quantitative estimate of drug-likeness (QED) is 0.561. The van der Waals surface area contributed by atoms with Gasteiger partial charge in [0.1, 0.15) is 0 Å². The van der Waals surface area contributed by atoms with Crippen molar-refractivity contribution in [1.82, 2.24) is 0 Å². The summed E-state index contributed by atoms with van der Waals surface area (Å²) < 4.78 is 0. The number of allylic oxidation sites excluding steroid dienone is 5. The third kappa shape index (κ3) is 2.07. The summed E-state index contributed by atoms with van der Waals surface area (Å²) in [5.41, 5.74) is 3.05. The molecule has 0 aromatic heterocycles. The maximum absolute atomic E-state index is 3.72. The largest absolute Gasteiger partial charge is 0.0991 e. The highest BCUT2D eigenvalue weighted by Crippen LogP contribution is 2.30. The van der Waals surface area contributed by atoms with E-state index in [2.05, 4.69) is 25.7 Å². The Labute approximate surface area is 69.3 Å². The van der Waals surface area contributed by atoms with Crippen molar-refractivity contribution in [3.63, 3.8) is 0 Å². The Morgan fingerprint density at radius 2 is 2.09 bits per heavy atom. The highest BCUT2D eigenvalue weighted by atomic mass is 14.2. The molecule has 0 radical (unpaired) electrons. The van der Waals surface area contributed by atoms with Gasteiger partial charge in [-0.3, -0.25) is 0 Å². The Balaban J connectivity index is 2.72. The number of hydrogen-bond acceptors (Lipinski definition) is 0. The van der Waals surface area contributed by atoms with Crippen molar-refractivity contribution in [1.29, 1.82) is 0 Å². The van der Waals surface area contributed by atoms with E-state index >= 15 is 0 Å². The Morgan fingerprint density at radius 1 is 1.36 bits per heavy atom. The van der Waals surface area contributed by atoms with Gasteiger partial charge in [-0.1, -0.05) is 31.7 Å². The predicted octanol–water partition coefficient (Wildman–Crippen LogP) is 3.62. The van der Waals surface area contributed by atoms with Gasteiger partial charge in [-0.25, -0.2) is 0 Å². The van der Waals surface area contributed by atoms with Gasteiger partial charge in [0, 0.05) is 0 Å². The van der Waals surface area contributed by atoms with Crippen molar-refractivity contribution in [2.75, 3.05) is 0 Å². The monoisotopic (exact) mass is 148 g/mol. The van der Waals surface area contributed by atoms with E-state index in [9.17, 15) is 0 Å². The van der Waals surface area contributed by atoms with Crippen molar-refractivity contribution in [3.05, 3.63) is 36.0 Å². The lowest BCUT2D eigenvalue weighted by Crippen LogP contribution is -1.77. The molecule has 0 bridgehead atoms. The standard InChI is InChI=1S/C11H16/c1-3-6-10-8-5-9-11(10)7-4-2/h3,6-7H,1,4-5,8-9H2,2H3/b10-6-,11-7-. The summed E-state index contributed by atoms with van der Waals surface area (Å²) in [4.78, 5) is 0. The zero-order valence-corrected chi connectivity index (χ0v) is 7.27. The predicted molar refractivity (Wildman–Crippen MR) is 50.5 cm³/mol. The fourth-order valence-corrected chi connectivity index (χ4v) is 1.60. The third-order valence-electron chi connectivity index (χ3n) is 2.07. The average molecular weight is 148 g/mol. The van der Waals surface area contributed by atoms with E-state index in [1.54, 1.807) is 5.57 Å². The number of rotatable bonds is 2. The van der Waals surface area contributed by atoms with Gasteiger partial charge >= 0.3 is 0 Å². The summed E-state index contributed by atoms with van der Waals surface area (Å²) in [5, 5.41) is 0. The van der Waals surface area contributed by atoms with E-state index in [1.165, 1.54) is 24.8 Å². The van der Waals surface area contributed by atoms with Crippen LogP contribution in [0.5, 0.6) is 0 Å². The van der Waals surface area contributed by atoms with Crippen molar-refractivity contribution >= 4 is 0 Å². The summed E-state index contributed by atoms with van der Waals surface area (Å²) in [6, 6.07) is 0. The molecule has 0 amide bonds. The molecule has 0 nitrogen and oxygen atoms in total. The molecule has 0 atom stereocenters. The molecule has 0 saturated heterocycles. The molecular formula is C11H16. The third-order valence-corrected chi connectivity index (χ3v) is 2.07. The normalized spacial score (nSPS) is 24.8. The molecule has 0 heterocycles. The van der Waals surface area contributed by atoms with Crippen molar-refractivity contribution < 1.29 is 0 Å². The van der Waals surface area contributed by atoms with E-state index in [0.717, 1.165) is 6.42 Å². The molecule has 0 N–H and O–H groups in total. The van der Waals surface area contributed by atoms with Crippen LogP contribution < -0.4 is 0 Å². The topological polar surface area (TPSA) is 0 Å². The molecule has 1 saturated carbocycles. The molecule has 11 heavy (non-hydrogen) atoms. The molecule has 0 aromatic rings. The first-order valence-electron chi connectivity index (χ1n) is 4.39. The second-order valence-electron chi connectivity index (χ2n) is 2.92. The van der Waals surface area contributed by atoms with Crippen LogP contribution >= 0.6 is 0 Å². The highest BCUT2D eigenvalue weighted by Gasteiger charge is 2.10.